The Hall–Kier alpha value is -1.16. The molecule has 0 aliphatic rings. The van der Waals surface area contributed by atoms with Crippen molar-refractivity contribution in [3.8, 4) is 0 Å². The Balaban J connectivity index is 2.29. The summed E-state index contributed by atoms with van der Waals surface area (Å²) in [5.74, 6) is 5.73. The van der Waals surface area contributed by atoms with Crippen LogP contribution in [-0.2, 0) is 6.42 Å². The summed E-state index contributed by atoms with van der Waals surface area (Å²) in [5.41, 5.74) is 5.55. The highest BCUT2D eigenvalue weighted by molar-refractivity contribution is 7.12. The lowest BCUT2D eigenvalue weighted by molar-refractivity contribution is 0.645. The van der Waals surface area contributed by atoms with E-state index in [2.05, 4.69) is 55.7 Å². The van der Waals surface area contributed by atoms with E-state index in [-0.39, 0.29) is 6.04 Å². The molecule has 2 nitrogen and oxygen atoms in total. The Morgan fingerprint density at radius 3 is 2.72 bits per heavy atom. The average molecular weight is 260 g/mol. The molecule has 1 unspecified atom stereocenters. The Kier molecular flexibility index (Phi) is 4.53. The molecule has 0 aliphatic heterocycles. The highest BCUT2D eigenvalue weighted by atomic mass is 32.1. The van der Waals surface area contributed by atoms with E-state index in [1.807, 2.05) is 0 Å². The van der Waals surface area contributed by atoms with Gasteiger partial charge in [0.25, 0.3) is 0 Å². The lowest BCUT2D eigenvalue weighted by Gasteiger charge is -2.15. The van der Waals surface area contributed by atoms with Crippen LogP contribution in [0.25, 0.3) is 0 Å². The van der Waals surface area contributed by atoms with Gasteiger partial charge in [-0.1, -0.05) is 37.6 Å². The number of aryl methyl sites for hydroxylation is 2. The molecule has 0 fully saturated rings. The molecule has 96 valence electrons. The second-order valence-corrected chi connectivity index (χ2v) is 5.86. The van der Waals surface area contributed by atoms with Gasteiger partial charge in [0.2, 0.25) is 0 Å². The Morgan fingerprint density at radius 2 is 2.11 bits per heavy atom. The van der Waals surface area contributed by atoms with Gasteiger partial charge in [-0.15, -0.1) is 11.3 Å². The van der Waals surface area contributed by atoms with Crippen molar-refractivity contribution in [3.05, 3.63) is 57.3 Å². The van der Waals surface area contributed by atoms with Gasteiger partial charge in [-0.3, -0.25) is 5.84 Å². The highest BCUT2D eigenvalue weighted by Crippen LogP contribution is 2.28. The molecule has 2 rings (SSSR count). The third-order valence-electron chi connectivity index (χ3n) is 3.04. The minimum atomic E-state index is 0.0977. The van der Waals surface area contributed by atoms with Gasteiger partial charge >= 0.3 is 0 Å². The van der Waals surface area contributed by atoms with E-state index in [1.165, 1.54) is 27.3 Å². The quantitative estimate of drug-likeness (QED) is 0.637. The van der Waals surface area contributed by atoms with E-state index in [0.29, 0.717) is 0 Å². The molecule has 3 heteroatoms. The van der Waals surface area contributed by atoms with Gasteiger partial charge in [-0.05, 0) is 36.6 Å². The minimum absolute atomic E-state index is 0.0977. The Bertz CT molecular complexity index is 505. The van der Waals surface area contributed by atoms with Crippen LogP contribution in [0.5, 0.6) is 0 Å². The van der Waals surface area contributed by atoms with E-state index in [9.17, 15) is 0 Å². The van der Waals surface area contributed by atoms with E-state index in [1.54, 1.807) is 11.3 Å². The number of benzene rings is 1. The summed E-state index contributed by atoms with van der Waals surface area (Å²) in [6, 6.07) is 13.1. The van der Waals surface area contributed by atoms with Crippen molar-refractivity contribution in [1.29, 1.82) is 0 Å². The molecule has 0 radical (unpaired) electrons. The van der Waals surface area contributed by atoms with Crippen LogP contribution in [0.1, 0.15) is 40.3 Å². The molecular weight excluding hydrogens is 240 g/mol. The van der Waals surface area contributed by atoms with Crippen LogP contribution in [0.3, 0.4) is 0 Å². The van der Waals surface area contributed by atoms with Gasteiger partial charge in [-0.25, -0.2) is 5.43 Å². The molecule has 2 aromatic rings. The van der Waals surface area contributed by atoms with Crippen LogP contribution in [0.2, 0.25) is 0 Å². The van der Waals surface area contributed by atoms with Crippen LogP contribution in [0, 0.1) is 6.92 Å². The second-order valence-electron chi connectivity index (χ2n) is 4.54. The van der Waals surface area contributed by atoms with Crippen molar-refractivity contribution >= 4 is 11.3 Å². The summed E-state index contributed by atoms with van der Waals surface area (Å²) < 4.78 is 0. The number of hydrogen-bond acceptors (Lipinski definition) is 3. The standard InChI is InChI=1S/C15H20N2S/c1-3-5-12-6-4-7-13(10-12)15(17-16)14-9-8-11(2)18-14/h4,6-10,15,17H,3,5,16H2,1-2H3. The molecule has 18 heavy (non-hydrogen) atoms. The Morgan fingerprint density at radius 1 is 1.28 bits per heavy atom. The highest BCUT2D eigenvalue weighted by Gasteiger charge is 2.14. The lowest BCUT2D eigenvalue weighted by atomic mass is 10.0. The monoisotopic (exact) mass is 260 g/mol. The van der Waals surface area contributed by atoms with Crippen LogP contribution >= 0.6 is 11.3 Å². The fourth-order valence-electron chi connectivity index (χ4n) is 2.17. The molecule has 0 saturated carbocycles. The number of hydrogen-bond donors (Lipinski definition) is 2. The van der Waals surface area contributed by atoms with E-state index < -0.39 is 0 Å². The third kappa shape index (κ3) is 2.99. The molecule has 0 amide bonds. The largest absolute Gasteiger partial charge is 0.271 e. The van der Waals surface area contributed by atoms with Crippen LogP contribution in [-0.4, -0.2) is 0 Å². The molecule has 0 spiro atoms. The molecule has 1 heterocycles. The number of rotatable bonds is 5. The maximum atomic E-state index is 5.73. The zero-order valence-corrected chi connectivity index (χ0v) is 11.8. The van der Waals surface area contributed by atoms with E-state index >= 15 is 0 Å². The summed E-state index contributed by atoms with van der Waals surface area (Å²) in [5, 5.41) is 0. The number of nitrogens with one attached hydrogen (secondary N) is 1. The van der Waals surface area contributed by atoms with Crippen LogP contribution < -0.4 is 11.3 Å². The van der Waals surface area contributed by atoms with Gasteiger partial charge < -0.3 is 0 Å². The average Bonchev–Trinajstić information content (AvgIpc) is 2.78. The molecular formula is C15H20N2S. The summed E-state index contributed by atoms with van der Waals surface area (Å²) in [6.45, 7) is 4.32. The third-order valence-corrected chi connectivity index (χ3v) is 4.10. The first-order chi connectivity index (χ1) is 8.74. The topological polar surface area (TPSA) is 38.0 Å². The molecule has 0 saturated heterocycles. The van der Waals surface area contributed by atoms with Gasteiger partial charge in [0, 0.05) is 9.75 Å². The number of hydrazine groups is 1. The zero-order valence-electron chi connectivity index (χ0n) is 10.9. The molecule has 0 bridgehead atoms. The molecule has 1 atom stereocenters. The van der Waals surface area contributed by atoms with Crippen molar-refractivity contribution in [2.24, 2.45) is 5.84 Å². The first kappa shape index (κ1) is 13.3. The molecule has 1 aromatic carbocycles. The van der Waals surface area contributed by atoms with Crippen molar-refractivity contribution in [1.82, 2.24) is 5.43 Å². The first-order valence-electron chi connectivity index (χ1n) is 6.36. The number of thiophene rings is 1. The summed E-state index contributed by atoms with van der Waals surface area (Å²) in [6.07, 6.45) is 2.29. The first-order valence-corrected chi connectivity index (χ1v) is 7.17. The van der Waals surface area contributed by atoms with E-state index in [0.717, 1.165) is 6.42 Å². The van der Waals surface area contributed by atoms with Crippen LogP contribution in [0.15, 0.2) is 36.4 Å². The molecule has 3 N–H and O–H groups in total. The predicted molar refractivity (Wildman–Crippen MR) is 78.7 cm³/mol. The normalized spacial score (nSPS) is 12.6. The summed E-state index contributed by atoms with van der Waals surface area (Å²) in [7, 11) is 0. The SMILES string of the molecule is CCCc1cccc(C(NN)c2ccc(C)s2)c1. The van der Waals surface area contributed by atoms with Crippen molar-refractivity contribution in [2.75, 3.05) is 0 Å². The molecule has 1 aromatic heterocycles. The lowest BCUT2D eigenvalue weighted by Crippen LogP contribution is -2.28. The summed E-state index contributed by atoms with van der Waals surface area (Å²) >= 11 is 1.79. The van der Waals surface area contributed by atoms with Crippen molar-refractivity contribution in [2.45, 2.75) is 32.7 Å². The smallest absolute Gasteiger partial charge is 0.0802 e. The van der Waals surface area contributed by atoms with E-state index in [4.69, 9.17) is 5.84 Å². The van der Waals surface area contributed by atoms with Gasteiger partial charge in [0.05, 0.1) is 6.04 Å². The van der Waals surface area contributed by atoms with Crippen molar-refractivity contribution in [3.63, 3.8) is 0 Å². The summed E-state index contributed by atoms with van der Waals surface area (Å²) in [4.78, 5) is 2.58. The fourth-order valence-corrected chi connectivity index (χ4v) is 3.13. The van der Waals surface area contributed by atoms with Gasteiger partial charge in [0.15, 0.2) is 0 Å². The Labute approximate surface area is 113 Å². The fraction of sp³-hybridized carbons (Fsp3) is 0.333. The number of nitrogens with two attached hydrogens (primary N) is 1. The van der Waals surface area contributed by atoms with Gasteiger partial charge in [-0.2, -0.15) is 0 Å². The van der Waals surface area contributed by atoms with Gasteiger partial charge in [0.1, 0.15) is 0 Å². The molecule has 0 aliphatic carbocycles. The zero-order chi connectivity index (χ0) is 13.0. The van der Waals surface area contributed by atoms with Crippen LogP contribution in [0.4, 0.5) is 0 Å². The second kappa shape index (κ2) is 6.14. The van der Waals surface area contributed by atoms with Crippen molar-refractivity contribution < 1.29 is 0 Å². The maximum absolute atomic E-state index is 5.73. The predicted octanol–water partition coefficient (Wildman–Crippen LogP) is 3.56. The maximum Gasteiger partial charge on any atom is 0.0802 e. The minimum Gasteiger partial charge on any atom is -0.271 e.